The van der Waals surface area contributed by atoms with E-state index in [9.17, 15) is 5.11 Å². The molecule has 1 N–H and O–H groups in total. The van der Waals surface area contributed by atoms with Crippen LogP contribution in [0.2, 0.25) is 0 Å². The van der Waals surface area contributed by atoms with Crippen LogP contribution in [0.4, 0.5) is 0 Å². The fourth-order valence-corrected chi connectivity index (χ4v) is 2.21. The number of nitrogens with zero attached hydrogens (tertiary/aromatic N) is 1. The smallest absolute Gasteiger partial charge is 0.186 e. The minimum atomic E-state index is -0.622. The van der Waals surface area contributed by atoms with Gasteiger partial charge in [-0.05, 0) is 33.9 Å². The van der Waals surface area contributed by atoms with E-state index in [0.717, 1.165) is 25.7 Å². The highest BCUT2D eigenvalue weighted by Crippen LogP contribution is 2.23. The Morgan fingerprint density at radius 3 is 2.74 bits per heavy atom. The molecule has 4 heteroatoms. The van der Waals surface area contributed by atoms with E-state index in [1.54, 1.807) is 0 Å². The van der Waals surface area contributed by atoms with E-state index in [0.29, 0.717) is 6.61 Å². The number of ether oxygens (including phenoxy) is 2. The lowest BCUT2D eigenvalue weighted by molar-refractivity contribution is -0.247. The Labute approximate surface area is 117 Å². The Balaban J connectivity index is 2.40. The summed E-state index contributed by atoms with van der Waals surface area (Å²) in [5, 5.41) is 10.2. The largest absolute Gasteiger partial charge is 0.386 e. The molecule has 4 unspecified atom stereocenters. The third-order valence-electron chi connectivity index (χ3n) is 3.38. The van der Waals surface area contributed by atoms with Crippen molar-refractivity contribution in [1.29, 1.82) is 0 Å². The van der Waals surface area contributed by atoms with E-state index in [2.05, 4.69) is 18.8 Å². The second-order valence-corrected chi connectivity index (χ2v) is 5.34. The van der Waals surface area contributed by atoms with E-state index >= 15 is 0 Å². The van der Waals surface area contributed by atoms with Crippen molar-refractivity contribution in [2.24, 2.45) is 0 Å². The molecule has 110 valence electrons. The van der Waals surface area contributed by atoms with E-state index in [1.165, 1.54) is 0 Å². The van der Waals surface area contributed by atoms with Gasteiger partial charge in [0.2, 0.25) is 0 Å². The molecule has 0 aromatic carbocycles. The molecule has 0 spiro atoms. The topological polar surface area (TPSA) is 41.9 Å². The number of rotatable bonds is 5. The molecule has 1 fully saturated rings. The Morgan fingerprint density at radius 2 is 2.11 bits per heavy atom. The molecule has 0 amide bonds. The zero-order valence-electron chi connectivity index (χ0n) is 12.6. The number of aliphatic hydroxyl groups is 1. The number of hydrogen-bond donors (Lipinski definition) is 1. The van der Waals surface area contributed by atoms with Gasteiger partial charge in [-0.25, -0.2) is 0 Å². The van der Waals surface area contributed by atoms with Crippen LogP contribution in [0.1, 0.15) is 39.5 Å². The first-order chi connectivity index (χ1) is 9.06. The highest BCUT2D eigenvalue weighted by molar-refractivity contribution is 4.99. The highest BCUT2D eigenvalue weighted by Gasteiger charge is 2.37. The molecule has 1 saturated heterocycles. The lowest BCUT2D eigenvalue weighted by Gasteiger charge is -2.40. The van der Waals surface area contributed by atoms with Gasteiger partial charge in [0.1, 0.15) is 12.7 Å². The van der Waals surface area contributed by atoms with Gasteiger partial charge in [0.05, 0.1) is 6.10 Å². The van der Waals surface area contributed by atoms with Crippen molar-refractivity contribution >= 4 is 0 Å². The van der Waals surface area contributed by atoms with Gasteiger partial charge in [0.25, 0.3) is 0 Å². The molecule has 4 nitrogen and oxygen atoms in total. The average Bonchev–Trinajstić information content (AvgIpc) is 2.36. The third kappa shape index (κ3) is 5.50. The van der Waals surface area contributed by atoms with Crippen LogP contribution in [-0.4, -0.2) is 55.2 Å². The Kier molecular flexibility index (Phi) is 7.40. The van der Waals surface area contributed by atoms with E-state index in [-0.39, 0.29) is 12.1 Å². The SMILES string of the molecule is CCCCC#CCOC1OC(C)CC(N(C)C)C1O. The molecule has 1 heterocycles. The predicted octanol–water partition coefficient (Wildman–Crippen LogP) is 1.62. The molecule has 4 atom stereocenters. The molecule has 1 aliphatic heterocycles. The lowest BCUT2D eigenvalue weighted by Crippen LogP contribution is -2.54. The molecule has 0 saturated carbocycles. The molecule has 0 aromatic heterocycles. The van der Waals surface area contributed by atoms with Crippen molar-refractivity contribution < 1.29 is 14.6 Å². The van der Waals surface area contributed by atoms with Gasteiger partial charge in [-0.15, -0.1) is 5.92 Å². The Morgan fingerprint density at radius 1 is 1.37 bits per heavy atom. The standard InChI is InChI=1S/C15H27NO3/c1-5-6-7-8-9-10-18-15-14(17)13(16(3)4)11-12(2)19-15/h12-15,17H,5-7,10-11H2,1-4H3. The van der Waals surface area contributed by atoms with Crippen LogP contribution in [0.25, 0.3) is 0 Å². The summed E-state index contributed by atoms with van der Waals surface area (Å²) in [5.74, 6) is 6.03. The monoisotopic (exact) mass is 269 g/mol. The molecular formula is C15H27NO3. The molecule has 1 aliphatic rings. The van der Waals surface area contributed by atoms with Gasteiger partial charge in [-0.3, -0.25) is 0 Å². The van der Waals surface area contributed by atoms with Crippen molar-refractivity contribution in [3.05, 3.63) is 0 Å². The summed E-state index contributed by atoms with van der Waals surface area (Å²) < 4.78 is 11.2. The summed E-state index contributed by atoms with van der Waals surface area (Å²) in [5.41, 5.74) is 0. The molecular weight excluding hydrogens is 242 g/mol. The number of aliphatic hydroxyl groups excluding tert-OH is 1. The maximum atomic E-state index is 10.2. The average molecular weight is 269 g/mol. The molecule has 19 heavy (non-hydrogen) atoms. The second-order valence-electron chi connectivity index (χ2n) is 5.34. The molecule has 0 bridgehead atoms. The van der Waals surface area contributed by atoms with Crippen LogP contribution in [-0.2, 0) is 9.47 Å². The summed E-state index contributed by atoms with van der Waals surface area (Å²) in [4.78, 5) is 2.02. The van der Waals surface area contributed by atoms with E-state index < -0.39 is 12.4 Å². The fourth-order valence-electron chi connectivity index (χ4n) is 2.21. The predicted molar refractivity (Wildman–Crippen MR) is 75.7 cm³/mol. The second kappa shape index (κ2) is 8.55. The van der Waals surface area contributed by atoms with E-state index in [1.807, 2.05) is 25.9 Å². The van der Waals surface area contributed by atoms with Crippen molar-refractivity contribution in [3.63, 3.8) is 0 Å². The van der Waals surface area contributed by atoms with Crippen molar-refractivity contribution in [1.82, 2.24) is 4.90 Å². The van der Waals surface area contributed by atoms with Crippen LogP contribution in [0.5, 0.6) is 0 Å². The van der Waals surface area contributed by atoms with Gasteiger partial charge in [0.15, 0.2) is 6.29 Å². The van der Waals surface area contributed by atoms with Crippen LogP contribution >= 0.6 is 0 Å². The minimum absolute atomic E-state index is 0.0711. The maximum Gasteiger partial charge on any atom is 0.186 e. The molecule has 0 aliphatic carbocycles. The number of unbranched alkanes of at least 4 members (excludes halogenated alkanes) is 2. The third-order valence-corrected chi connectivity index (χ3v) is 3.38. The van der Waals surface area contributed by atoms with Gasteiger partial charge in [-0.2, -0.15) is 0 Å². The normalized spacial score (nSPS) is 31.1. The lowest BCUT2D eigenvalue weighted by atomic mass is 9.99. The summed E-state index contributed by atoms with van der Waals surface area (Å²) in [6, 6.07) is 0.0711. The Hall–Kier alpha value is -0.600. The highest BCUT2D eigenvalue weighted by atomic mass is 16.7. The zero-order valence-corrected chi connectivity index (χ0v) is 12.6. The van der Waals surface area contributed by atoms with Crippen molar-refractivity contribution in [2.45, 2.75) is 64.1 Å². The zero-order chi connectivity index (χ0) is 14.3. The number of hydrogen-bond acceptors (Lipinski definition) is 4. The number of likely N-dealkylation sites (N-methyl/N-ethyl adjacent to an activating group) is 1. The van der Waals surface area contributed by atoms with Gasteiger partial charge in [-0.1, -0.05) is 19.3 Å². The van der Waals surface area contributed by atoms with Crippen molar-refractivity contribution in [3.8, 4) is 11.8 Å². The minimum Gasteiger partial charge on any atom is -0.386 e. The van der Waals surface area contributed by atoms with Crippen LogP contribution < -0.4 is 0 Å². The first kappa shape index (κ1) is 16.5. The summed E-state index contributed by atoms with van der Waals surface area (Å²) in [7, 11) is 3.93. The molecule has 0 radical (unpaired) electrons. The van der Waals surface area contributed by atoms with Crippen molar-refractivity contribution in [2.75, 3.05) is 20.7 Å². The molecule has 0 aromatic rings. The van der Waals surface area contributed by atoms with E-state index in [4.69, 9.17) is 9.47 Å². The summed E-state index contributed by atoms with van der Waals surface area (Å²) in [6.07, 6.45) is 2.90. The fraction of sp³-hybridized carbons (Fsp3) is 0.867. The Bertz CT molecular complexity index is 308. The van der Waals surface area contributed by atoms with Gasteiger partial charge in [0, 0.05) is 12.5 Å². The maximum absolute atomic E-state index is 10.2. The van der Waals surface area contributed by atoms with Gasteiger partial charge < -0.3 is 19.5 Å². The first-order valence-corrected chi connectivity index (χ1v) is 7.13. The van der Waals surface area contributed by atoms with Crippen LogP contribution in [0.15, 0.2) is 0 Å². The summed E-state index contributed by atoms with van der Waals surface area (Å²) >= 11 is 0. The van der Waals surface area contributed by atoms with Crippen LogP contribution in [0, 0.1) is 11.8 Å². The van der Waals surface area contributed by atoms with Gasteiger partial charge >= 0.3 is 0 Å². The summed E-state index contributed by atoms with van der Waals surface area (Å²) in [6.45, 7) is 4.47. The first-order valence-electron chi connectivity index (χ1n) is 7.13. The molecule has 1 rings (SSSR count). The quantitative estimate of drug-likeness (QED) is 0.608. The van der Waals surface area contributed by atoms with Crippen LogP contribution in [0.3, 0.4) is 0 Å².